The predicted molar refractivity (Wildman–Crippen MR) is 62.8 cm³/mol. The molecule has 1 aromatic heterocycles. The Morgan fingerprint density at radius 1 is 1.24 bits per heavy atom. The first-order valence-electron chi connectivity index (χ1n) is 5.21. The van der Waals surface area contributed by atoms with E-state index < -0.39 is 5.97 Å². The first kappa shape index (κ1) is 13.2. The molecule has 0 saturated carbocycles. The van der Waals surface area contributed by atoms with E-state index in [4.69, 9.17) is 0 Å². The molecule has 92 valence electrons. The number of nitrogens with one attached hydrogen (secondary N) is 1. The van der Waals surface area contributed by atoms with E-state index in [0.717, 1.165) is 0 Å². The van der Waals surface area contributed by atoms with Crippen LogP contribution in [0.2, 0.25) is 0 Å². The first-order valence-corrected chi connectivity index (χ1v) is 5.21. The van der Waals surface area contributed by atoms with Crippen molar-refractivity contribution in [3.8, 4) is 0 Å². The van der Waals surface area contributed by atoms with Crippen molar-refractivity contribution in [1.29, 1.82) is 0 Å². The molecule has 1 N–H and O–H groups in total. The molecule has 0 bridgehead atoms. The van der Waals surface area contributed by atoms with Crippen molar-refractivity contribution in [1.82, 2.24) is 10.3 Å². The van der Waals surface area contributed by atoms with Crippen LogP contribution >= 0.6 is 0 Å². The summed E-state index contributed by atoms with van der Waals surface area (Å²) in [4.78, 5) is 27.0. The summed E-state index contributed by atoms with van der Waals surface area (Å²) in [6.07, 6.45) is 0. The molecule has 1 amide bonds. The minimum Gasteiger partial charge on any atom is -0.464 e. The molecule has 0 radical (unpaired) electrons. The first-order chi connectivity index (χ1) is 7.83. The lowest BCUT2D eigenvalue weighted by Crippen LogP contribution is -2.41. The van der Waals surface area contributed by atoms with Gasteiger partial charge in [0.05, 0.1) is 7.11 Å². The molecule has 0 aliphatic rings. The normalized spacial score (nSPS) is 10.8. The van der Waals surface area contributed by atoms with E-state index in [1.54, 1.807) is 12.1 Å². The number of aromatic nitrogens is 1. The zero-order valence-corrected chi connectivity index (χ0v) is 10.4. The summed E-state index contributed by atoms with van der Waals surface area (Å²) in [7, 11) is 1.27. The number of hydrogen-bond acceptors (Lipinski definition) is 4. The number of carbonyl (C=O) groups excluding carboxylic acids is 2. The molecule has 0 aliphatic carbocycles. The van der Waals surface area contributed by atoms with Crippen LogP contribution in [0.15, 0.2) is 18.2 Å². The second-order valence-electron chi connectivity index (χ2n) is 4.60. The van der Waals surface area contributed by atoms with Gasteiger partial charge in [-0.25, -0.2) is 9.78 Å². The van der Waals surface area contributed by atoms with Crippen molar-refractivity contribution < 1.29 is 14.3 Å². The fourth-order valence-corrected chi connectivity index (χ4v) is 1.18. The number of amides is 1. The second kappa shape index (κ2) is 4.95. The monoisotopic (exact) mass is 236 g/mol. The van der Waals surface area contributed by atoms with E-state index in [0.29, 0.717) is 0 Å². The van der Waals surface area contributed by atoms with E-state index in [9.17, 15) is 9.59 Å². The number of carbonyl (C=O) groups is 2. The second-order valence-corrected chi connectivity index (χ2v) is 4.60. The SMILES string of the molecule is COC(=O)c1cccc(C(=O)NC(C)(C)C)n1. The van der Waals surface area contributed by atoms with Crippen molar-refractivity contribution in [2.24, 2.45) is 0 Å². The van der Waals surface area contributed by atoms with Gasteiger partial charge in [-0.2, -0.15) is 0 Å². The van der Waals surface area contributed by atoms with Crippen LogP contribution in [0.5, 0.6) is 0 Å². The van der Waals surface area contributed by atoms with Gasteiger partial charge in [0.15, 0.2) is 0 Å². The van der Waals surface area contributed by atoms with Crippen molar-refractivity contribution in [3.05, 3.63) is 29.6 Å². The van der Waals surface area contributed by atoms with E-state index >= 15 is 0 Å². The summed E-state index contributed by atoms with van der Waals surface area (Å²) in [5, 5.41) is 2.77. The number of esters is 1. The highest BCUT2D eigenvalue weighted by atomic mass is 16.5. The number of nitrogens with zero attached hydrogens (tertiary/aromatic N) is 1. The van der Waals surface area contributed by atoms with E-state index in [2.05, 4.69) is 15.0 Å². The standard InChI is InChI=1S/C12H16N2O3/c1-12(2,3)14-10(15)8-6-5-7-9(13-8)11(16)17-4/h5-7H,1-4H3,(H,14,15). The summed E-state index contributed by atoms with van der Waals surface area (Å²) < 4.78 is 4.54. The van der Waals surface area contributed by atoms with E-state index in [1.165, 1.54) is 13.2 Å². The van der Waals surface area contributed by atoms with Crippen LogP contribution in [0.1, 0.15) is 41.7 Å². The summed E-state index contributed by atoms with van der Waals surface area (Å²) in [5.74, 6) is -0.876. The molecule has 1 rings (SSSR count). The average molecular weight is 236 g/mol. The molecule has 1 heterocycles. The highest BCUT2D eigenvalue weighted by molar-refractivity contribution is 5.94. The van der Waals surface area contributed by atoms with Crippen molar-refractivity contribution in [2.45, 2.75) is 26.3 Å². The Labute approximate surface area is 100 Å². The fourth-order valence-electron chi connectivity index (χ4n) is 1.18. The van der Waals surface area contributed by atoms with Crippen LogP contribution in [0.25, 0.3) is 0 Å². The molecule has 0 unspecified atom stereocenters. The lowest BCUT2D eigenvalue weighted by Gasteiger charge is -2.20. The highest BCUT2D eigenvalue weighted by Crippen LogP contribution is 2.04. The lowest BCUT2D eigenvalue weighted by atomic mass is 10.1. The summed E-state index contributed by atoms with van der Waals surface area (Å²) in [5.41, 5.74) is -0.0306. The Bertz CT molecular complexity index is 436. The topological polar surface area (TPSA) is 68.3 Å². The molecule has 0 spiro atoms. The van der Waals surface area contributed by atoms with Gasteiger partial charge >= 0.3 is 5.97 Å². The third-order valence-corrected chi connectivity index (χ3v) is 1.86. The minimum absolute atomic E-state index is 0.119. The quantitative estimate of drug-likeness (QED) is 0.788. The van der Waals surface area contributed by atoms with Crippen LogP contribution < -0.4 is 5.32 Å². The van der Waals surface area contributed by atoms with Crippen LogP contribution in [0.4, 0.5) is 0 Å². The Hall–Kier alpha value is -1.91. The molecule has 0 aromatic carbocycles. The van der Waals surface area contributed by atoms with Crippen LogP contribution in [0, 0.1) is 0 Å². The average Bonchev–Trinajstić information content (AvgIpc) is 2.26. The van der Waals surface area contributed by atoms with Crippen molar-refractivity contribution in [3.63, 3.8) is 0 Å². The van der Waals surface area contributed by atoms with Crippen LogP contribution in [-0.4, -0.2) is 29.5 Å². The predicted octanol–water partition coefficient (Wildman–Crippen LogP) is 1.40. The summed E-state index contributed by atoms with van der Waals surface area (Å²) in [6.45, 7) is 5.61. The summed E-state index contributed by atoms with van der Waals surface area (Å²) >= 11 is 0. The van der Waals surface area contributed by atoms with Crippen molar-refractivity contribution >= 4 is 11.9 Å². The molecule has 0 fully saturated rings. The zero-order valence-electron chi connectivity index (χ0n) is 10.4. The maximum atomic E-state index is 11.8. The van der Waals surface area contributed by atoms with Gasteiger partial charge in [0.1, 0.15) is 11.4 Å². The van der Waals surface area contributed by atoms with Gasteiger partial charge in [-0.1, -0.05) is 6.07 Å². The minimum atomic E-state index is -0.560. The third kappa shape index (κ3) is 3.86. The Kier molecular flexibility index (Phi) is 3.83. The van der Waals surface area contributed by atoms with E-state index in [1.807, 2.05) is 20.8 Å². The smallest absolute Gasteiger partial charge is 0.356 e. The fraction of sp³-hybridized carbons (Fsp3) is 0.417. The Morgan fingerprint density at radius 3 is 2.35 bits per heavy atom. The highest BCUT2D eigenvalue weighted by Gasteiger charge is 2.17. The maximum absolute atomic E-state index is 11.8. The van der Waals surface area contributed by atoms with Gasteiger partial charge < -0.3 is 10.1 Å². The van der Waals surface area contributed by atoms with Gasteiger partial charge in [0.2, 0.25) is 0 Å². The number of rotatable bonds is 2. The molecule has 0 atom stereocenters. The molecule has 5 heteroatoms. The largest absolute Gasteiger partial charge is 0.464 e. The molecule has 0 aliphatic heterocycles. The Balaban J connectivity index is 2.92. The molecule has 0 saturated heterocycles. The van der Waals surface area contributed by atoms with Gasteiger partial charge in [-0.15, -0.1) is 0 Å². The number of ether oxygens (including phenoxy) is 1. The van der Waals surface area contributed by atoms with Gasteiger partial charge in [-0.3, -0.25) is 4.79 Å². The number of methoxy groups -OCH3 is 1. The molecular weight excluding hydrogens is 220 g/mol. The molecule has 5 nitrogen and oxygen atoms in total. The zero-order chi connectivity index (χ0) is 13.1. The van der Waals surface area contributed by atoms with Crippen LogP contribution in [0.3, 0.4) is 0 Å². The van der Waals surface area contributed by atoms with E-state index in [-0.39, 0.29) is 22.8 Å². The summed E-state index contributed by atoms with van der Waals surface area (Å²) in [6, 6.07) is 4.64. The third-order valence-electron chi connectivity index (χ3n) is 1.86. The number of hydrogen-bond donors (Lipinski definition) is 1. The van der Waals surface area contributed by atoms with Crippen LogP contribution in [-0.2, 0) is 4.74 Å². The van der Waals surface area contributed by atoms with Gasteiger partial charge in [0.25, 0.3) is 5.91 Å². The van der Waals surface area contributed by atoms with Crippen molar-refractivity contribution in [2.75, 3.05) is 7.11 Å². The van der Waals surface area contributed by atoms with Gasteiger partial charge in [-0.05, 0) is 32.9 Å². The molecule has 17 heavy (non-hydrogen) atoms. The van der Waals surface area contributed by atoms with Gasteiger partial charge in [0, 0.05) is 5.54 Å². The lowest BCUT2D eigenvalue weighted by molar-refractivity contribution is 0.0594. The maximum Gasteiger partial charge on any atom is 0.356 e. The molecule has 1 aromatic rings. The number of pyridine rings is 1. The Morgan fingerprint density at radius 2 is 1.82 bits per heavy atom. The molecular formula is C12H16N2O3.